The number of nitrogens with zero attached hydrogens (tertiary/aromatic N) is 1. The van der Waals surface area contributed by atoms with E-state index in [0.717, 1.165) is 4.90 Å². The van der Waals surface area contributed by atoms with Crippen LogP contribution in [0.4, 0.5) is 0 Å². The molecule has 2 aromatic carbocycles. The Morgan fingerprint density at radius 3 is 2.08 bits per heavy atom. The van der Waals surface area contributed by atoms with Crippen molar-refractivity contribution in [1.29, 1.82) is 0 Å². The fourth-order valence-corrected chi connectivity index (χ4v) is 2.95. The molecule has 0 aliphatic carbocycles. The quantitative estimate of drug-likeness (QED) is 0.605. The Morgan fingerprint density at radius 1 is 0.962 bits per heavy atom. The SMILES string of the molecule is COC(=O)c1cc(CN2C(=O)c3ccccc3C2=O)c(OC)c(OC)c1. The van der Waals surface area contributed by atoms with Crippen molar-refractivity contribution >= 4 is 17.8 Å². The van der Waals surface area contributed by atoms with Gasteiger partial charge in [0.25, 0.3) is 11.8 Å². The third-order valence-electron chi connectivity index (χ3n) is 4.18. The van der Waals surface area contributed by atoms with Crippen LogP contribution in [0, 0.1) is 0 Å². The van der Waals surface area contributed by atoms with Gasteiger partial charge in [-0.05, 0) is 24.3 Å². The summed E-state index contributed by atoms with van der Waals surface area (Å²) in [5, 5.41) is 0. The van der Waals surface area contributed by atoms with Gasteiger partial charge in [-0.1, -0.05) is 12.1 Å². The number of benzene rings is 2. The van der Waals surface area contributed by atoms with Crippen LogP contribution in [-0.4, -0.2) is 44.0 Å². The van der Waals surface area contributed by atoms with Gasteiger partial charge in [-0.25, -0.2) is 4.79 Å². The van der Waals surface area contributed by atoms with Crippen LogP contribution in [0.1, 0.15) is 36.6 Å². The molecule has 0 unspecified atom stereocenters. The van der Waals surface area contributed by atoms with Crippen molar-refractivity contribution in [3.8, 4) is 11.5 Å². The molecular weight excluding hydrogens is 338 g/mol. The van der Waals surface area contributed by atoms with E-state index < -0.39 is 17.8 Å². The van der Waals surface area contributed by atoms with Crippen LogP contribution in [0.15, 0.2) is 36.4 Å². The smallest absolute Gasteiger partial charge is 0.337 e. The highest BCUT2D eigenvalue weighted by molar-refractivity contribution is 6.21. The van der Waals surface area contributed by atoms with Gasteiger partial charge in [0.1, 0.15) is 0 Å². The zero-order chi connectivity index (χ0) is 18.8. The fourth-order valence-electron chi connectivity index (χ4n) is 2.95. The molecule has 26 heavy (non-hydrogen) atoms. The van der Waals surface area contributed by atoms with E-state index in [1.165, 1.54) is 33.5 Å². The van der Waals surface area contributed by atoms with Gasteiger partial charge < -0.3 is 14.2 Å². The number of hydrogen-bond donors (Lipinski definition) is 0. The van der Waals surface area contributed by atoms with E-state index in [4.69, 9.17) is 14.2 Å². The molecule has 0 saturated heterocycles. The number of methoxy groups -OCH3 is 3. The molecule has 1 aliphatic rings. The summed E-state index contributed by atoms with van der Waals surface area (Å²) in [6.07, 6.45) is 0. The number of amides is 2. The van der Waals surface area contributed by atoms with E-state index in [2.05, 4.69) is 0 Å². The van der Waals surface area contributed by atoms with Crippen LogP contribution < -0.4 is 9.47 Å². The lowest BCUT2D eigenvalue weighted by atomic mass is 10.1. The maximum Gasteiger partial charge on any atom is 0.337 e. The average molecular weight is 355 g/mol. The van der Waals surface area contributed by atoms with E-state index >= 15 is 0 Å². The van der Waals surface area contributed by atoms with Crippen LogP contribution in [0.3, 0.4) is 0 Å². The largest absolute Gasteiger partial charge is 0.493 e. The van der Waals surface area contributed by atoms with Gasteiger partial charge in [-0.2, -0.15) is 0 Å². The van der Waals surface area contributed by atoms with E-state index in [1.54, 1.807) is 24.3 Å². The van der Waals surface area contributed by atoms with Crippen molar-refractivity contribution in [1.82, 2.24) is 4.90 Å². The summed E-state index contributed by atoms with van der Waals surface area (Å²) in [4.78, 5) is 38.2. The third kappa shape index (κ3) is 2.77. The Labute approximate surface area is 150 Å². The van der Waals surface area contributed by atoms with Crippen LogP contribution >= 0.6 is 0 Å². The monoisotopic (exact) mass is 355 g/mol. The van der Waals surface area contributed by atoms with Gasteiger partial charge >= 0.3 is 5.97 Å². The molecule has 0 spiro atoms. The van der Waals surface area contributed by atoms with Crippen LogP contribution in [0.2, 0.25) is 0 Å². The van der Waals surface area contributed by atoms with E-state index in [0.29, 0.717) is 28.2 Å². The molecular formula is C19H17NO6. The topological polar surface area (TPSA) is 82.1 Å². The van der Waals surface area contributed by atoms with Crippen molar-refractivity contribution < 1.29 is 28.6 Å². The maximum atomic E-state index is 12.6. The lowest BCUT2D eigenvalue weighted by molar-refractivity contribution is 0.0599. The minimum absolute atomic E-state index is 0.0588. The van der Waals surface area contributed by atoms with Gasteiger partial charge in [0, 0.05) is 5.56 Å². The molecule has 2 aromatic rings. The lowest BCUT2D eigenvalue weighted by Gasteiger charge is -2.19. The van der Waals surface area contributed by atoms with E-state index in [-0.39, 0.29) is 12.1 Å². The molecule has 7 nitrogen and oxygen atoms in total. The Hall–Kier alpha value is -3.35. The van der Waals surface area contributed by atoms with Crippen molar-refractivity contribution in [2.24, 2.45) is 0 Å². The van der Waals surface area contributed by atoms with E-state index in [9.17, 15) is 14.4 Å². The molecule has 0 aromatic heterocycles. The number of carbonyl (C=O) groups is 3. The Kier molecular flexibility index (Phi) is 4.62. The second-order valence-electron chi connectivity index (χ2n) is 5.60. The van der Waals surface area contributed by atoms with Crippen LogP contribution in [-0.2, 0) is 11.3 Å². The number of ether oxygens (including phenoxy) is 3. The molecule has 3 rings (SSSR count). The Bertz CT molecular complexity index is 870. The first kappa shape index (κ1) is 17.5. The summed E-state index contributed by atoms with van der Waals surface area (Å²) >= 11 is 0. The van der Waals surface area contributed by atoms with Gasteiger partial charge in [-0.3, -0.25) is 14.5 Å². The summed E-state index contributed by atoms with van der Waals surface area (Å²) in [5.41, 5.74) is 1.40. The van der Waals surface area contributed by atoms with Crippen molar-refractivity contribution in [2.75, 3.05) is 21.3 Å². The third-order valence-corrected chi connectivity index (χ3v) is 4.18. The normalized spacial score (nSPS) is 12.8. The zero-order valence-corrected chi connectivity index (χ0v) is 14.6. The predicted octanol–water partition coefficient (Wildman–Crippen LogP) is 2.29. The van der Waals surface area contributed by atoms with Crippen LogP contribution in [0.25, 0.3) is 0 Å². The van der Waals surface area contributed by atoms with Crippen molar-refractivity contribution in [3.05, 3.63) is 58.7 Å². The first-order chi connectivity index (χ1) is 12.5. The fraction of sp³-hybridized carbons (Fsp3) is 0.211. The number of imide groups is 1. The zero-order valence-electron chi connectivity index (χ0n) is 14.6. The first-order valence-corrected chi connectivity index (χ1v) is 7.80. The summed E-state index contributed by atoms with van der Waals surface area (Å²) < 4.78 is 15.4. The standard InChI is InChI=1S/C19H17NO6/c1-24-15-9-11(19(23)26-3)8-12(16(15)25-2)10-20-17(21)13-6-4-5-7-14(13)18(20)22/h4-9H,10H2,1-3H3. The molecule has 2 amide bonds. The summed E-state index contributed by atoms with van der Waals surface area (Å²) in [5.74, 6) is -0.696. The number of fused-ring (bicyclic) bond motifs is 1. The number of hydrogen-bond acceptors (Lipinski definition) is 6. The Morgan fingerprint density at radius 2 is 1.58 bits per heavy atom. The number of rotatable bonds is 5. The molecule has 0 saturated carbocycles. The van der Waals surface area contributed by atoms with Crippen molar-refractivity contribution in [2.45, 2.75) is 6.54 Å². The second-order valence-corrected chi connectivity index (χ2v) is 5.60. The Balaban J connectivity index is 2.03. The molecule has 0 N–H and O–H groups in total. The molecule has 0 radical (unpaired) electrons. The van der Waals surface area contributed by atoms with Crippen molar-refractivity contribution in [3.63, 3.8) is 0 Å². The molecule has 0 fully saturated rings. The average Bonchev–Trinajstić information content (AvgIpc) is 2.91. The first-order valence-electron chi connectivity index (χ1n) is 7.80. The minimum Gasteiger partial charge on any atom is -0.493 e. The predicted molar refractivity (Wildman–Crippen MR) is 91.5 cm³/mol. The highest BCUT2D eigenvalue weighted by atomic mass is 16.5. The van der Waals surface area contributed by atoms with E-state index in [1.807, 2.05) is 0 Å². The summed E-state index contributed by atoms with van der Waals surface area (Å²) in [6, 6.07) is 9.63. The molecule has 134 valence electrons. The molecule has 1 aliphatic heterocycles. The van der Waals surface area contributed by atoms with Gasteiger partial charge in [0.2, 0.25) is 0 Å². The second kappa shape index (κ2) is 6.87. The molecule has 1 heterocycles. The highest BCUT2D eigenvalue weighted by Crippen LogP contribution is 2.35. The highest BCUT2D eigenvalue weighted by Gasteiger charge is 2.36. The van der Waals surface area contributed by atoms with Gasteiger partial charge in [0.05, 0.1) is 44.6 Å². The number of carbonyl (C=O) groups excluding carboxylic acids is 3. The lowest BCUT2D eigenvalue weighted by Crippen LogP contribution is -2.29. The van der Waals surface area contributed by atoms with Gasteiger partial charge in [0.15, 0.2) is 11.5 Å². The minimum atomic E-state index is -0.561. The molecule has 0 bridgehead atoms. The summed E-state index contributed by atoms with van der Waals surface area (Å²) in [7, 11) is 4.15. The van der Waals surface area contributed by atoms with Crippen LogP contribution in [0.5, 0.6) is 11.5 Å². The van der Waals surface area contributed by atoms with Gasteiger partial charge in [-0.15, -0.1) is 0 Å². The summed E-state index contributed by atoms with van der Waals surface area (Å²) in [6.45, 7) is -0.0588. The number of esters is 1. The molecule has 0 atom stereocenters. The molecule has 7 heteroatoms. The maximum absolute atomic E-state index is 12.6.